The van der Waals surface area contributed by atoms with Crippen molar-refractivity contribution in [1.82, 2.24) is 24.8 Å². The summed E-state index contributed by atoms with van der Waals surface area (Å²) in [5, 5.41) is 23.0. The van der Waals surface area contributed by atoms with Crippen LogP contribution in [0.1, 0.15) is 25.3 Å². The Kier molecular flexibility index (Phi) is 8.23. The van der Waals surface area contributed by atoms with Gasteiger partial charge in [0.05, 0.1) is 22.6 Å². The molecule has 0 saturated carbocycles. The van der Waals surface area contributed by atoms with Crippen LogP contribution in [0.15, 0.2) is 43.1 Å². The second kappa shape index (κ2) is 12.1. The van der Waals surface area contributed by atoms with Crippen LogP contribution < -0.4 is 9.80 Å². The van der Waals surface area contributed by atoms with E-state index in [9.17, 15) is 19.4 Å². The van der Waals surface area contributed by atoms with Crippen LogP contribution in [-0.4, -0.2) is 106 Å². The number of phenolic OH excluding ortho intramolecular Hbond substituents is 1. The van der Waals surface area contributed by atoms with Crippen molar-refractivity contribution < 1.29 is 23.8 Å². The van der Waals surface area contributed by atoms with Gasteiger partial charge in [-0.05, 0) is 63.5 Å². The molecule has 2 fully saturated rings. The molecule has 2 aromatic carbocycles. The second-order valence-corrected chi connectivity index (χ2v) is 12.8. The van der Waals surface area contributed by atoms with Crippen LogP contribution in [-0.2, 0) is 4.79 Å². The van der Waals surface area contributed by atoms with Gasteiger partial charge in [-0.1, -0.05) is 18.6 Å². The predicted molar refractivity (Wildman–Crippen MR) is 178 cm³/mol. The molecule has 10 nitrogen and oxygen atoms in total. The molecule has 2 aliphatic heterocycles. The number of nitrogens with zero attached hydrogens (tertiary/aromatic N) is 7. The fourth-order valence-electron chi connectivity index (χ4n) is 6.62. The summed E-state index contributed by atoms with van der Waals surface area (Å²) in [7, 11) is 5.60. The fourth-order valence-corrected chi connectivity index (χ4v) is 6.62. The van der Waals surface area contributed by atoms with Gasteiger partial charge in [-0.2, -0.15) is 4.98 Å². The fraction of sp³-hybridized carbons (Fsp3) is 0.371. The molecule has 244 valence electrons. The number of halogens is 2. The Balaban J connectivity index is 1.55. The minimum atomic E-state index is -1.21. The Morgan fingerprint density at radius 3 is 2.60 bits per heavy atom. The predicted octanol–water partition coefficient (Wildman–Crippen LogP) is 3.92. The van der Waals surface area contributed by atoms with E-state index < -0.39 is 23.3 Å². The van der Waals surface area contributed by atoms with Crippen LogP contribution in [0.5, 0.6) is 5.75 Å². The van der Waals surface area contributed by atoms with Crippen molar-refractivity contribution in [1.29, 1.82) is 0 Å². The summed E-state index contributed by atoms with van der Waals surface area (Å²) in [4.78, 5) is 34.3. The SMILES string of the molecule is C#Cc1c(F)ccc2cc(O)cc(-c3ncc4c(N5CCCC(C)(O)C(N(C)C(=O)C=C)C5)nc(N5CC(N(C)C)C5)nc4c3F)c12. The number of carbonyl (C=O) groups excluding carboxylic acids is 1. The van der Waals surface area contributed by atoms with Crippen molar-refractivity contribution in [3.8, 4) is 29.4 Å². The molecule has 2 atom stereocenters. The Hall–Kier alpha value is -4.86. The van der Waals surface area contributed by atoms with Crippen LogP contribution in [0.25, 0.3) is 32.9 Å². The van der Waals surface area contributed by atoms with E-state index in [0.29, 0.717) is 55.0 Å². The molecule has 0 spiro atoms. The number of fused-ring (bicyclic) bond motifs is 2. The number of aromatic nitrogens is 3. The number of hydrogen-bond donors (Lipinski definition) is 2. The number of likely N-dealkylation sites (N-methyl/N-ethyl adjacent to an activating group) is 2. The first kappa shape index (κ1) is 32.1. The highest BCUT2D eigenvalue weighted by Gasteiger charge is 2.41. The third-order valence-corrected chi connectivity index (χ3v) is 9.49. The molecule has 2 aromatic heterocycles. The van der Waals surface area contributed by atoms with Gasteiger partial charge in [0.15, 0.2) is 5.82 Å². The highest BCUT2D eigenvalue weighted by molar-refractivity contribution is 6.03. The number of aromatic hydroxyl groups is 1. The van der Waals surface area contributed by atoms with Crippen LogP contribution >= 0.6 is 0 Å². The number of amides is 1. The van der Waals surface area contributed by atoms with Crippen molar-refractivity contribution in [2.45, 2.75) is 37.5 Å². The van der Waals surface area contributed by atoms with Crippen molar-refractivity contribution in [3.05, 3.63) is 60.3 Å². The van der Waals surface area contributed by atoms with Gasteiger partial charge in [0.2, 0.25) is 11.9 Å². The first-order valence-electron chi connectivity index (χ1n) is 15.4. The minimum Gasteiger partial charge on any atom is -0.508 e. The summed E-state index contributed by atoms with van der Waals surface area (Å²) in [5.41, 5.74) is -1.32. The summed E-state index contributed by atoms with van der Waals surface area (Å²) in [6.07, 6.45) is 9.36. The first-order valence-corrected chi connectivity index (χ1v) is 15.4. The maximum Gasteiger partial charge on any atom is 0.246 e. The number of hydrogen-bond acceptors (Lipinski definition) is 9. The van der Waals surface area contributed by atoms with Crippen molar-refractivity contribution in [3.63, 3.8) is 0 Å². The molecular formula is C35H37F2N7O3. The lowest BCUT2D eigenvalue weighted by atomic mass is 9.91. The van der Waals surface area contributed by atoms with E-state index in [2.05, 4.69) is 22.4 Å². The molecule has 4 aromatic rings. The van der Waals surface area contributed by atoms with Crippen LogP contribution in [0.2, 0.25) is 0 Å². The average Bonchev–Trinajstić information content (AvgIpc) is 3.16. The molecule has 47 heavy (non-hydrogen) atoms. The zero-order chi connectivity index (χ0) is 33.8. The van der Waals surface area contributed by atoms with Crippen molar-refractivity contribution >= 4 is 39.3 Å². The minimum absolute atomic E-state index is 0.0125. The number of terminal acetylenes is 1. The monoisotopic (exact) mass is 641 g/mol. The summed E-state index contributed by atoms with van der Waals surface area (Å²) in [6, 6.07) is 5.06. The average molecular weight is 642 g/mol. The number of anilines is 2. The highest BCUT2D eigenvalue weighted by Crippen LogP contribution is 2.40. The number of aliphatic hydroxyl groups is 1. The van der Waals surface area contributed by atoms with Gasteiger partial charge >= 0.3 is 0 Å². The van der Waals surface area contributed by atoms with Gasteiger partial charge < -0.3 is 29.8 Å². The lowest BCUT2D eigenvalue weighted by Crippen LogP contribution is -2.58. The van der Waals surface area contributed by atoms with Gasteiger partial charge in [-0.25, -0.2) is 13.8 Å². The number of carbonyl (C=O) groups is 1. The largest absolute Gasteiger partial charge is 0.508 e. The molecule has 12 heteroatoms. The molecule has 0 bridgehead atoms. The summed E-state index contributed by atoms with van der Waals surface area (Å²) in [6.45, 7) is 7.25. The van der Waals surface area contributed by atoms with E-state index in [0.717, 1.165) is 0 Å². The van der Waals surface area contributed by atoms with Crippen molar-refractivity contribution in [2.24, 2.45) is 0 Å². The van der Waals surface area contributed by atoms with Crippen LogP contribution in [0, 0.1) is 24.0 Å². The van der Waals surface area contributed by atoms with Gasteiger partial charge in [-0.3, -0.25) is 9.78 Å². The zero-order valence-electron chi connectivity index (χ0n) is 26.8. The van der Waals surface area contributed by atoms with E-state index in [1.807, 2.05) is 23.9 Å². The van der Waals surface area contributed by atoms with E-state index in [-0.39, 0.29) is 52.0 Å². The lowest BCUT2D eigenvalue weighted by Gasteiger charge is -2.43. The zero-order valence-corrected chi connectivity index (χ0v) is 26.8. The Morgan fingerprint density at radius 2 is 1.91 bits per heavy atom. The molecule has 2 saturated heterocycles. The molecular weight excluding hydrogens is 604 g/mol. The highest BCUT2D eigenvalue weighted by atomic mass is 19.1. The maximum absolute atomic E-state index is 16.9. The Bertz CT molecular complexity index is 1950. The van der Waals surface area contributed by atoms with Crippen LogP contribution in [0.3, 0.4) is 0 Å². The molecule has 2 aliphatic rings. The van der Waals surface area contributed by atoms with E-state index >= 15 is 4.39 Å². The first-order chi connectivity index (χ1) is 22.3. The molecule has 0 aliphatic carbocycles. The normalized spacial score (nSPS) is 20.3. The Labute approximate surface area is 271 Å². The standard InChI is InChI=1S/C35H37F2N7O3/c1-7-23-26(36)11-10-20-14-22(45)15-24(29(20)23)31-30(37)32-25(16-38-31)33(40-34(39-32)44-17-21(18-44)41(4)5)43-13-9-12-35(3,47)27(19-43)42(6)28(46)8-2/h1,8,10-11,14-16,21,27,45,47H,2,9,12-13,17-19H2,3-6H3. The molecule has 4 heterocycles. The molecule has 1 amide bonds. The molecule has 2 N–H and O–H groups in total. The third-order valence-electron chi connectivity index (χ3n) is 9.49. The summed E-state index contributed by atoms with van der Waals surface area (Å²) < 4.78 is 31.7. The topological polar surface area (TPSA) is 109 Å². The van der Waals surface area contributed by atoms with Gasteiger partial charge in [-0.15, -0.1) is 6.42 Å². The lowest BCUT2D eigenvalue weighted by molar-refractivity contribution is -0.132. The van der Waals surface area contributed by atoms with Gasteiger partial charge in [0.25, 0.3) is 0 Å². The maximum atomic E-state index is 16.9. The van der Waals surface area contributed by atoms with E-state index in [1.54, 1.807) is 14.0 Å². The quantitative estimate of drug-likeness (QED) is 0.239. The number of pyridine rings is 1. The van der Waals surface area contributed by atoms with Crippen molar-refractivity contribution in [2.75, 3.05) is 57.1 Å². The van der Waals surface area contributed by atoms with E-state index in [4.69, 9.17) is 16.4 Å². The number of rotatable bonds is 6. The van der Waals surface area contributed by atoms with Crippen LogP contribution in [0.4, 0.5) is 20.5 Å². The number of phenols is 1. The smallest absolute Gasteiger partial charge is 0.246 e. The third kappa shape index (κ3) is 5.59. The molecule has 0 radical (unpaired) electrons. The molecule has 6 rings (SSSR count). The summed E-state index contributed by atoms with van der Waals surface area (Å²) >= 11 is 0. The Morgan fingerprint density at radius 1 is 1.17 bits per heavy atom. The van der Waals surface area contributed by atoms with Gasteiger partial charge in [0, 0.05) is 56.4 Å². The second-order valence-electron chi connectivity index (χ2n) is 12.8. The van der Waals surface area contributed by atoms with E-state index in [1.165, 1.54) is 41.4 Å². The summed E-state index contributed by atoms with van der Waals surface area (Å²) in [5.74, 6) is 1.16. The number of benzene rings is 2. The van der Waals surface area contributed by atoms with Gasteiger partial charge in [0.1, 0.15) is 28.6 Å². The molecule has 2 unspecified atom stereocenters.